The van der Waals surface area contributed by atoms with Gasteiger partial charge < -0.3 is 33.3 Å². The summed E-state index contributed by atoms with van der Waals surface area (Å²) < 4.78 is 21.8. The van der Waals surface area contributed by atoms with Crippen LogP contribution in [0, 0.1) is 5.92 Å². The number of carbonyl (C=O) groups excluding carboxylic acids is 2. The Kier molecular flexibility index (Phi) is 10.4. The van der Waals surface area contributed by atoms with Crippen molar-refractivity contribution < 1.29 is 28.2 Å². The Labute approximate surface area is 256 Å². The molecule has 0 N–H and O–H groups in total. The van der Waals surface area contributed by atoms with Crippen LogP contribution >= 0.6 is 11.8 Å². The number of rotatable bonds is 11. The number of likely N-dealkylation sites (tertiary alicyclic amines) is 1. The monoisotopic (exact) mass is 609 g/mol. The summed E-state index contributed by atoms with van der Waals surface area (Å²) in [6.07, 6.45) is 1.48. The number of carbonyl (C=O) groups is 2. The molecular weight excluding hydrogens is 570 g/mol. The van der Waals surface area contributed by atoms with E-state index in [-0.39, 0.29) is 23.6 Å². The molecule has 4 heterocycles. The number of benzene rings is 1. The number of esters is 1. The summed E-state index contributed by atoms with van der Waals surface area (Å²) in [6, 6.07) is 13.6. The van der Waals surface area contributed by atoms with E-state index in [0.29, 0.717) is 43.0 Å². The molecule has 1 unspecified atom stereocenters. The number of piperidine rings is 1. The van der Waals surface area contributed by atoms with Gasteiger partial charge in [-0.15, -0.1) is 0 Å². The van der Waals surface area contributed by atoms with Gasteiger partial charge in [-0.1, -0.05) is 11.8 Å². The predicted molar refractivity (Wildman–Crippen MR) is 164 cm³/mol. The van der Waals surface area contributed by atoms with Crippen molar-refractivity contribution in [1.82, 2.24) is 14.9 Å². The van der Waals surface area contributed by atoms with Gasteiger partial charge in [0.25, 0.3) is 5.91 Å². The molecule has 11 nitrogen and oxygen atoms in total. The fraction of sp³-hybridized carbons (Fsp3) is 0.484. The summed E-state index contributed by atoms with van der Waals surface area (Å²) in [5, 5.41) is 0.625. The predicted octanol–water partition coefficient (Wildman–Crippen LogP) is 4.26. The summed E-state index contributed by atoms with van der Waals surface area (Å²) in [5.74, 6) is 2.37. The highest BCUT2D eigenvalue weighted by atomic mass is 32.2. The number of methoxy groups -OCH3 is 2. The van der Waals surface area contributed by atoms with E-state index in [1.165, 1.54) is 17.4 Å². The Bertz CT molecular complexity index is 1380. The van der Waals surface area contributed by atoms with Crippen molar-refractivity contribution in [2.24, 2.45) is 5.92 Å². The molecule has 0 aliphatic carbocycles. The maximum absolute atomic E-state index is 13.1. The minimum Gasteiger partial charge on any atom is -0.497 e. The highest BCUT2D eigenvalue weighted by molar-refractivity contribution is 7.98. The number of anilines is 2. The quantitative estimate of drug-likeness (QED) is 0.177. The van der Waals surface area contributed by atoms with Crippen LogP contribution in [0.5, 0.6) is 5.75 Å². The first-order chi connectivity index (χ1) is 21.0. The Morgan fingerprint density at radius 1 is 1.00 bits per heavy atom. The van der Waals surface area contributed by atoms with E-state index >= 15 is 0 Å². The van der Waals surface area contributed by atoms with Gasteiger partial charge in [0.1, 0.15) is 17.3 Å². The van der Waals surface area contributed by atoms with E-state index in [0.717, 1.165) is 56.3 Å². The van der Waals surface area contributed by atoms with Crippen LogP contribution in [0.2, 0.25) is 0 Å². The summed E-state index contributed by atoms with van der Waals surface area (Å²) in [7, 11) is 3.33. The Morgan fingerprint density at radius 3 is 2.49 bits per heavy atom. The lowest BCUT2D eigenvalue weighted by atomic mass is 9.98. The molecule has 0 spiro atoms. The van der Waals surface area contributed by atoms with E-state index in [4.69, 9.17) is 23.6 Å². The molecule has 2 aromatic heterocycles. The second kappa shape index (κ2) is 14.6. The van der Waals surface area contributed by atoms with E-state index in [1.807, 2.05) is 24.3 Å². The van der Waals surface area contributed by atoms with Gasteiger partial charge in [-0.3, -0.25) is 9.59 Å². The minimum atomic E-state index is -0.293. The standard InChI is InChI=1S/C31H39N5O6S/c1-4-41-30(38)22-6-5-13-36(19-22)29(37)27-12-11-26(42-27)21-43-31-32-23(20-39-2)18-28(33-31)35-16-14-34(15-17-35)24-7-9-25(40-3)10-8-24/h7-12,18,22H,4-6,13-17,19-21H2,1-3H3. The zero-order valence-corrected chi connectivity index (χ0v) is 25.8. The molecule has 1 atom stereocenters. The van der Waals surface area contributed by atoms with Crippen molar-refractivity contribution in [3.63, 3.8) is 0 Å². The van der Waals surface area contributed by atoms with Gasteiger partial charge in [0.05, 0.1) is 37.7 Å². The van der Waals surface area contributed by atoms with Crippen molar-refractivity contribution in [3.05, 3.63) is 59.7 Å². The van der Waals surface area contributed by atoms with Crippen molar-refractivity contribution >= 4 is 35.1 Å². The second-order valence-electron chi connectivity index (χ2n) is 10.5. The second-order valence-corrected chi connectivity index (χ2v) is 11.4. The molecule has 12 heteroatoms. The lowest BCUT2D eigenvalue weighted by Gasteiger charge is -2.37. The van der Waals surface area contributed by atoms with Crippen LogP contribution in [0.1, 0.15) is 41.8 Å². The van der Waals surface area contributed by atoms with Crippen LogP contribution in [0.3, 0.4) is 0 Å². The van der Waals surface area contributed by atoms with Crippen molar-refractivity contribution in [2.75, 3.05) is 69.9 Å². The number of piperazine rings is 1. The molecule has 2 aliphatic heterocycles. The highest BCUT2D eigenvalue weighted by Gasteiger charge is 2.31. The number of ether oxygens (including phenoxy) is 3. The lowest BCUT2D eigenvalue weighted by Crippen LogP contribution is -2.46. The van der Waals surface area contributed by atoms with E-state index in [9.17, 15) is 9.59 Å². The number of nitrogens with zero attached hydrogens (tertiary/aromatic N) is 5. The van der Waals surface area contributed by atoms with Crippen molar-refractivity contribution in [2.45, 2.75) is 37.3 Å². The molecule has 43 heavy (non-hydrogen) atoms. The molecule has 1 amide bonds. The lowest BCUT2D eigenvalue weighted by molar-refractivity contribution is -0.149. The summed E-state index contributed by atoms with van der Waals surface area (Å²) in [6.45, 7) is 6.86. The van der Waals surface area contributed by atoms with Gasteiger partial charge in [-0.25, -0.2) is 9.97 Å². The fourth-order valence-electron chi connectivity index (χ4n) is 5.37. The SMILES string of the molecule is CCOC(=O)C1CCCN(C(=O)c2ccc(CSc3nc(COC)cc(N4CCN(c5ccc(OC)cc5)CC4)n3)o2)C1. The third-order valence-corrected chi connectivity index (χ3v) is 8.49. The van der Waals surface area contributed by atoms with E-state index in [1.54, 1.807) is 32.1 Å². The molecule has 1 aromatic carbocycles. The molecule has 0 radical (unpaired) electrons. The van der Waals surface area contributed by atoms with Crippen LogP contribution in [0.4, 0.5) is 11.5 Å². The molecule has 0 bridgehead atoms. The summed E-state index contributed by atoms with van der Waals surface area (Å²) >= 11 is 1.46. The maximum atomic E-state index is 13.1. The fourth-order valence-corrected chi connectivity index (χ4v) is 6.14. The van der Waals surface area contributed by atoms with Crippen molar-refractivity contribution in [1.29, 1.82) is 0 Å². The molecular formula is C31H39N5O6S. The van der Waals surface area contributed by atoms with Gasteiger partial charge >= 0.3 is 5.97 Å². The summed E-state index contributed by atoms with van der Waals surface area (Å²) in [5.41, 5.74) is 1.99. The number of furan rings is 1. The topological polar surface area (TPSA) is 110 Å². The van der Waals surface area contributed by atoms with E-state index in [2.05, 4.69) is 26.9 Å². The minimum absolute atomic E-state index is 0.209. The van der Waals surface area contributed by atoms with Crippen LogP contribution in [-0.4, -0.2) is 86.8 Å². The molecule has 230 valence electrons. The van der Waals surface area contributed by atoms with Crippen molar-refractivity contribution in [3.8, 4) is 5.75 Å². The van der Waals surface area contributed by atoms with Gasteiger partial charge in [-0.05, 0) is 56.2 Å². The summed E-state index contributed by atoms with van der Waals surface area (Å²) in [4.78, 5) is 41.2. The Morgan fingerprint density at radius 2 is 1.77 bits per heavy atom. The van der Waals surface area contributed by atoms with Crippen LogP contribution in [0.15, 0.2) is 52.0 Å². The highest BCUT2D eigenvalue weighted by Crippen LogP contribution is 2.27. The molecule has 0 saturated carbocycles. The number of aromatic nitrogens is 2. The zero-order chi connectivity index (χ0) is 30.2. The van der Waals surface area contributed by atoms with E-state index < -0.39 is 0 Å². The van der Waals surface area contributed by atoms with Gasteiger partial charge in [-0.2, -0.15) is 0 Å². The number of thioether (sulfide) groups is 1. The molecule has 2 saturated heterocycles. The number of amides is 1. The Hall–Kier alpha value is -3.77. The molecule has 2 fully saturated rings. The normalized spacial score (nSPS) is 17.2. The zero-order valence-electron chi connectivity index (χ0n) is 25.0. The average molecular weight is 610 g/mol. The van der Waals surface area contributed by atoms with Crippen LogP contribution in [-0.2, 0) is 26.6 Å². The third kappa shape index (κ3) is 7.80. The van der Waals surface area contributed by atoms with Gasteiger partial charge in [0.15, 0.2) is 10.9 Å². The number of hydrogen-bond donors (Lipinski definition) is 0. The largest absolute Gasteiger partial charge is 0.497 e. The van der Waals surface area contributed by atoms with Crippen LogP contribution < -0.4 is 14.5 Å². The average Bonchev–Trinajstić information content (AvgIpc) is 3.53. The maximum Gasteiger partial charge on any atom is 0.310 e. The first-order valence-corrected chi connectivity index (χ1v) is 15.6. The molecule has 2 aliphatic rings. The first kappa shape index (κ1) is 30.7. The third-order valence-electron chi connectivity index (χ3n) is 7.62. The van der Waals surface area contributed by atoms with Crippen LogP contribution in [0.25, 0.3) is 0 Å². The number of hydrogen-bond acceptors (Lipinski definition) is 11. The van der Waals surface area contributed by atoms with Gasteiger partial charge in [0, 0.05) is 58.1 Å². The molecule has 5 rings (SSSR count). The smallest absolute Gasteiger partial charge is 0.310 e. The van der Waals surface area contributed by atoms with Gasteiger partial charge in [0.2, 0.25) is 0 Å². The first-order valence-electron chi connectivity index (χ1n) is 14.7. The molecule has 3 aromatic rings. The Balaban J connectivity index is 1.19.